The highest BCUT2D eigenvalue weighted by Gasteiger charge is 2.32. The minimum atomic E-state index is -0.859. The molecule has 0 aliphatic carbocycles. The number of rotatable bonds is 4. The van der Waals surface area contributed by atoms with Crippen LogP contribution in [0.3, 0.4) is 0 Å². The third-order valence-corrected chi connectivity index (χ3v) is 6.87. The monoisotopic (exact) mass is 431 g/mol. The first kappa shape index (κ1) is 19.8. The minimum absolute atomic E-state index is 0.168. The number of anilines is 1. The smallest absolute Gasteiger partial charge is 0.322 e. The van der Waals surface area contributed by atoms with Crippen LogP contribution in [0.4, 0.5) is 10.5 Å². The third-order valence-electron chi connectivity index (χ3n) is 4.87. The Morgan fingerprint density at radius 2 is 2.03 bits per heavy atom. The van der Waals surface area contributed by atoms with Gasteiger partial charge in [0.05, 0.1) is 37.5 Å². The second-order valence-corrected chi connectivity index (χ2v) is 8.64. The molecule has 3 aromatic rings. The molecule has 0 radical (unpaired) electrons. The van der Waals surface area contributed by atoms with Gasteiger partial charge in [0.25, 0.3) is 0 Å². The van der Waals surface area contributed by atoms with E-state index in [-0.39, 0.29) is 12.6 Å². The number of thioether (sulfide) groups is 1. The van der Waals surface area contributed by atoms with E-state index in [1.807, 2.05) is 24.5 Å². The highest BCUT2D eigenvalue weighted by molar-refractivity contribution is 8.00. The maximum atomic E-state index is 12.9. The molecule has 9 heteroatoms. The molecule has 2 amide bonds. The average molecular weight is 432 g/mol. The maximum Gasteiger partial charge on any atom is 0.322 e. The van der Waals surface area contributed by atoms with Crippen molar-refractivity contribution in [2.45, 2.75) is 17.0 Å². The van der Waals surface area contributed by atoms with Gasteiger partial charge >= 0.3 is 6.03 Å². The molecule has 1 aromatic heterocycles. The quantitative estimate of drug-likeness (QED) is 0.605. The van der Waals surface area contributed by atoms with Crippen LogP contribution in [-0.2, 0) is 6.54 Å². The zero-order valence-electron chi connectivity index (χ0n) is 16.3. The van der Waals surface area contributed by atoms with E-state index in [1.165, 1.54) is 0 Å². The number of hydrogen-bond acceptors (Lipinski definition) is 7. The number of methoxy groups -OCH3 is 2. The van der Waals surface area contributed by atoms with Gasteiger partial charge in [0.2, 0.25) is 0 Å². The van der Waals surface area contributed by atoms with Crippen molar-refractivity contribution in [2.75, 3.05) is 32.3 Å². The molecule has 0 spiro atoms. The first-order chi connectivity index (χ1) is 14.0. The van der Waals surface area contributed by atoms with Gasteiger partial charge in [-0.25, -0.2) is 9.78 Å². The van der Waals surface area contributed by atoms with Gasteiger partial charge in [-0.2, -0.15) is 0 Å². The minimum Gasteiger partial charge on any atom is -0.496 e. The molecule has 2 N–H and O–H groups in total. The first-order valence-electron chi connectivity index (χ1n) is 8.96. The van der Waals surface area contributed by atoms with Crippen molar-refractivity contribution in [3.05, 3.63) is 41.5 Å². The van der Waals surface area contributed by atoms with Crippen LogP contribution < -0.4 is 14.8 Å². The van der Waals surface area contributed by atoms with Crippen LogP contribution in [0.5, 0.6) is 11.5 Å². The van der Waals surface area contributed by atoms with Crippen molar-refractivity contribution in [3.8, 4) is 11.5 Å². The Balaban J connectivity index is 1.57. The van der Waals surface area contributed by atoms with Crippen molar-refractivity contribution in [2.24, 2.45) is 0 Å². The van der Waals surface area contributed by atoms with Crippen LogP contribution in [0.15, 0.2) is 34.7 Å². The van der Waals surface area contributed by atoms with Gasteiger partial charge in [0.15, 0.2) is 4.34 Å². The van der Waals surface area contributed by atoms with Crippen LogP contribution in [0.25, 0.3) is 10.2 Å². The number of urea groups is 1. The van der Waals surface area contributed by atoms with Crippen molar-refractivity contribution < 1.29 is 19.4 Å². The van der Waals surface area contributed by atoms with Gasteiger partial charge in [-0.05, 0) is 36.6 Å². The molecule has 1 aliphatic heterocycles. The summed E-state index contributed by atoms with van der Waals surface area (Å²) in [6.45, 7) is 0.486. The lowest BCUT2D eigenvalue weighted by Crippen LogP contribution is -2.41. The average Bonchev–Trinajstić information content (AvgIpc) is 3.15. The van der Waals surface area contributed by atoms with Crippen LogP contribution in [0.2, 0.25) is 0 Å². The molecule has 0 saturated heterocycles. The van der Waals surface area contributed by atoms with Gasteiger partial charge < -0.3 is 24.8 Å². The van der Waals surface area contributed by atoms with Gasteiger partial charge in [0, 0.05) is 16.8 Å². The molecule has 0 bridgehead atoms. The van der Waals surface area contributed by atoms with E-state index in [0.717, 1.165) is 20.1 Å². The number of thiazole rings is 1. The Morgan fingerprint density at radius 1 is 1.28 bits per heavy atom. The first-order valence-corrected chi connectivity index (χ1v) is 11.0. The summed E-state index contributed by atoms with van der Waals surface area (Å²) in [5.41, 5.74) is 3.03. The fraction of sp³-hybridized carbons (Fsp3) is 0.300. The lowest BCUT2D eigenvalue weighted by Gasteiger charge is -2.34. The fourth-order valence-electron chi connectivity index (χ4n) is 3.50. The predicted molar refractivity (Wildman–Crippen MR) is 115 cm³/mol. The molecule has 0 saturated carbocycles. The summed E-state index contributed by atoms with van der Waals surface area (Å²) in [6.07, 6.45) is 1.13. The number of aromatic nitrogens is 1. The molecule has 4 rings (SSSR count). The van der Waals surface area contributed by atoms with E-state index in [4.69, 9.17) is 9.47 Å². The summed E-state index contributed by atoms with van der Waals surface area (Å²) in [7, 11) is 3.13. The summed E-state index contributed by atoms with van der Waals surface area (Å²) in [4.78, 5) is 19.0. The zero-order chi connectivity index (χ0) is 20.5. The summed E-state index contributed by atoms with van der Waals surface area (Å²) in [5.74, 6) is 1.21. The number of fused-ring (bicyclic) bond motifs is 2. The topological polar surface area (TPSA) is 83.9 Å². The van der Waals surface area contributed by atoms with E-state index < -0.39 is 6.10 Å². The van der Waals surface area contributed by atoms with Gasteiger partial charge in [-0.3, -0.25) is 0 Å². The highest BCUT2D eigenvalue weighted by Crippen LogP contribution is 2.39. The number of β-amino-alcohol motifs (C(OH)–C–C–N with tert-alkyl or cyclic N) is 1. The van der Waals surface area contributed by atoms with Crippen LogP contribution in [-0.4, -0.2) is 48.0 Å². The second kappa shape index (κ2) is 8.10. The Morgan fingerprint density at radius 3 is 2.76 bits per heavy atom. The normalized spacial score (nSPS) is 15.9. The summed E-state index contributed by atoms with van der Waals surface area (Å²) in [5, 5.41) is 13.6. The predicted octanol–water partition coefficient (Wildman–Crippen LogP) is 4.12. The molecule has 0 fully saturated rings. The van der Waals surface area contributed by atoms with Crippen LogP contribution in [0, 0.1) is 0 Å². The Bertz CT molecular complexity index is 1070. The maximum absolute atomic E-state index is 12.9. The Hall–Kier alpha value is -2.49. The molecular weight excluding hydrogens is 410 g/mol. The molecule has 2 aromatic carbocycles. The number of benzene rings is 2. The lowest BCUT2D eigenvalue weighted by atomic mass is 9.95. The molecule has 2 heterocycles. The Kier molecular flexibility index (Phi) is 5.53. The van der Waals surface area contributed by atoms with Crippen molar-refractivity contribution in [1.29, 1.82) is 0 Å². The lowest BCUT2D eigenvalue weighted by molar-refractivity contribution is 0.105. The largest absolute Gasteiger partial charge is 0.496 e. The summed E-state index contributed by atoms with van der Waals surface area (Å²) in [6, 6.07) is 8.92. The van der Waals surface area contributed by atoms with E-state index in [2.05, 4.69) is 10.3 Å². The fourth-order valence-corrected chi connectivity index (χ4v) is 5.03. The SMILES string of the molecule is COc1ccc(OC)c2c1CN(C(=O)Nc1ccc3nc(SC)sc3c1)C[C@H]2O. The molecule has 7 nitrogen and oxygen atoms in total. The number of carbonyl (C=O) groups excluding carboxylic acids is 1. The van der Waals surface area contributed by atoms with Crippen LogP contribution in [0.1, 0.15) is 17.2 Å². The molecule has 1 aliphatic rings. The number of nitrogens with one attached hydrogen (secondary N) is 1. The van der Waals surface area contributed by atoms with Gasteiger partial charge in [-0.15, -0.1) is 11.3 Å². The Labute approximate surface area is 176 Å². The summed E-state index contributed by atoms with van der Waals surface area (Å²) >= 11 is 3.19. The number of aliphatic hydroxyl groups is 1. The van der Waals surface area contributed by atoms with Crippen molar-refractivity contribution in [3.63, 3.8) is 0 Å². The van der Waals surface area contributed by atoms with Gasteiger partial charge in [0.1, 0.15) is 17.6 Å². The standard InChI is InChI=1S/C20H21N3O4S2/c1-26-15-6-7-16(27-2)18-12(15)9-23(10-14(18)24)19(25)21-11-4-5-13-17(8-11)29-20(22-13)28-3/h4-8,14,24H,9-10H2,1-3H3,(H,21,25)/t14-/m1/s1. The zero-order valence-corrected chi connectivity index (χ0v) is 17.9. The second-order valence-electron chi connectivity index (χ2n) is 6.56. The molecule has 0 unspecified atom stereocenters. The van der Waals surface area contributed by atoms with Crippen molar-refractivity contribution >= 4 is 45.0 Å². The van der Waals surface area contributed by atoms with E-state index in [9.17, 15) is 9.90 Å². The number of hydrogen-bond donors (Lipinski definition) is 2. The number of ether oxygens (including phenoxy) is 2. The third kappa shape index (κ3) is 3.73. The van der Waals surface area contributed by atoms with Crippen molar-refractivity contribution in [1.82, 2.24) is 9.88 Å². The molecule has 1 atom stereocenters. The van der Waals surface area contributed by atoms with E-state index in [0.29, 0.717) is 29.3 Å². The molecular formula is C20H21N3O4S2. The molecule has 152 valence electrons. The van der Waals surface area contributed by atoms with E-state index >= 15 is 0 Å². The molecule has 29 heavy (non-hydrogen) atoms. The number of aliphatic hydroxyl groups excluding tert-OH is 1. The number of carbonyl (C=O) groups is 1. The van der Waals surface area contributed by atoms with Crippen LogP contribution >= 0.6 is 23.1 Å². The summed E-state index contributed by atoms with van der Waals surface area (Å²) < 4.78 is 12.8. The van der Waals surface area contributed by atoms with E-state index in [1.54, 1.807) is 54.4 Å². The highest BCUT2D eigenvalue weighted by atomic mass is 32.2. The van der Waals surface area contributed by atoms with Gasteiger partial charge in [-0.1, -0.05) is 11.8 Å². The number of amides is 2. The number of nitrogens with zero attached hydrogens (tertiary/aromatic N) is 2.